The zero-order valence-corrected chi connectivity index (χ0v) is 16.6. The van der Waals surface area contributed by atoms with Crippen molar-refractivity contribution in [1.29, 1.82) is 0 Å². The zero-order chi connectivity index (χ0) is 20.5. The van der Waals surface area contributed by atoms with Crippen LogP contribution in [-0.4, -0.2) is 44.1 Å². The van der Waals surface area contributed by atoms with E-state index in [-0.39, 0.29) is 24.2 Å². The molecule has 0 aliphatic carbocycles. The van der Waals surface area contributed by atoms with E-state index < -0.39 is 0 Å². The number of rotatable bonds is 8. The molecule has 2 aromatic rings. The summed E-state index contributed by atoms with van der Waals surface area (Å²) in [7, 11) is 0. The molecule has 1 unspecified atom stereocenters. The smallest absolute Gasteiger partial charge is 0.224 e. The van der Waals surface area contributed by atoms with Gasteiger partial charge in [-0.1, -0.05) is 30.3 Å². The minimum atomic E-state index is -0.335. The summed E-state index contributed by atoms with van der Waals surface area (Å²) in [6, 6.07) is 14.1. The number of carbonyl (C=O) groups excluding carboxylic acids is 1. The van der Waals surface area contributed by atoms with E-state index in [1.54, 1.807) is 12.1 Å². The monoisotopic (exact) mass is 398 g/mol. The lowest BCUT2D eigenvalue weighted by Crippen LogP contribution is -2.42. The summed E-state index contributed by atoms with van der Waals surface area (Å²) < 4.78 is 19.1. The van der Waals surface area contributed by atoms with Gasteiger partial charge in [-0.25, -0.2) is 9.38 Å². The van der Waals surface area contributed by atoms with E-state index in [2.05, 4.69) is 27.0 Å². The Labute approximate surface area is 170 Å². The second-order valence-corrected chi connectivity index (χ2v) is 6.85. The summed E-state index contributed by atoms with van der Waals surface area (Å²) >= 11 is 0. The molecule has 0 saturated carbocycles. The molecule has 7 heteroatoms. The van der Waals surface area contributed by atoms with Crippen molar-refractivity contribution in [2.24, 2.45) is 4.99 Å². The van der Waals surface area contributed by atoms with Gasteiger partial charge in [0.1, 0.15) is 17.7 Å². The van der Waals surface area contributed by atoms with Crippen molar-refractivity contribution in [1.82, 2.24) is 16.0 Å². The largest absolute Gasteiger partial charge is 0.488 e. The quantitative estimate of drug-likeness (QED) is 0.361. The molecule has 0 radical (unpaired) electrons. The van der Waals surface area contributed by atoms with Gasteiger partial charge in [0.05, 0.1) is 13.0 Å². The number of aliphatic imine (C=N–C) groups is 1. The van der Waals surface area contributed by atoms with Crippen LogP contribution in [0.25, 0.3) is 0 Å². The molecule has 29 heavy (non-hydrogen) atoms. The lowest BCUT2D eigenvalue weighted by atomic mass is 10.1. The molecule has 0 spiro atoms. The Morgan fingerprint density at radius 2 is 1.97 bits per heavy atom. The third-order valence-corrected chi connectivity index (χ3v) is 4.50. The average molecular weight is 398 g/mol. The fourth-order valence-corrected chi connectivity index (χ4v) is 3.17. The minimum Gasteiger partial charge on any atom is -0.488 e. The van der Waals surface area contributed by atoms with Crippen LogP contribution in [0.5, 0.6) is 5.75 Å². The van der Waals surface area contributed by atoms with E-state index >= 15 is 0 Å². The Morgan fingerprint density at radius 3 is 2.76 bits per heavy atom. The predicted molar refractivity (Wildman–Crippen MR) is 112 cm³/mol. The molecule has 2 aromatic carbocycles. The highest BCUT2D eigenvalue weighted by Crippen LogP contribution is 2.28. The van der Waals surface area contributed by atoms with Gasteiger partial charge in [-0.2, -0.15) is 0 Å². The second-order valence-electron chi connectivity index (χ2n) is 6.85. The third kappa shape index (κ3) is 6.48. The van der Waals surface area contributed by atoms with Gasteiger partial charge in [-0.3, -0.25) is 4.79 Å². The predicted octanol–water partition coefficient (Wildman–Crippen LogP) is 2.04. The molecule has 0 bridgehead atoms. The average Bonchev–Trinajstić information content (AvgIpc) is 3.12. The van der Waals surface area contributed by atoms with E-state index in [4.69, 9.17) is 4.74 Å². The van der Waals surface area contributed by atoms with E-state index in [1.807, 2.05) is 25.1 Å². The number of nitrogens with zero attached hydrogens (tertiary/aromatic N) is 1. The summed E-state index contributed by atoms with van der Waals surface area (Å²) in [5, 5.41) is 9.22. The molecule has 0 saturated heterocycles. The molecule has 3 rings (SSSR count). The van der Waals surface area contributed by atoms with Crippen molar-refractivity contribution in [2.75, 3.05) is 26.2 Å². The van der Waals surface area contributed by atoms with Gasteiger partial charge in [-0.05, 0) is 36.2 Å². The van der Waals surface area contributed by atoms with E-state index in [0.717, 1.165) is 18.7 Å². The highest BCUT2D eigenvalue weighted by molar-refractivity contribution is 5.80. The summed E-state index contributed by atoms with van der Waals surface area (Å²) in [4.78, 5) is 16.6. The highest BCUT2D eigenvalue weighted by atomic mass is 19.1. The number of hydrogen-bond acceptors (Lipinski definition) is 3. The molecule has 1 atom stereocenters. The fraction of sp³-hybridized carbons (Fsp3) is 0.364. The Balaban J connectivity index is 1.39. The van der Waals surface area contributed by atoms with Crippen molar-refractivity contribution in [3.8, 4) is 5.75 Å². The first-order valence-electron chi connectivity index (χ1n) is 9.92. The molecular weight excluding hydrogens is 371 g/mol. The standard InChI is InChI=1S/C22H27FN4O2/c1-2-24-22(27-15-19-14-17-7-3-4-9-20(17)29-19)26-11-10-25-21(28)13-16-6-5-8-18(23)12-16/h3-9,12,19H,2,10-11,13-15H2,1H3,(H,25,28)(H2,24,26,27). The number of guanidine groups is 1. The van der Waals surface area contributed by atoms with Crippen LogP contribution >= 0.6 is 0 Å². The van der Waals surface area contributed by atoms with Crippen molar-refractivity contribution in [3.05, 3.63) is 65.5 Å². The van der Waals surface area contributed by atoms with E-state index in [1.165, 1.54) is 17.7 Å². The van der Waals surface area contributed by atoms with Gasteiger partial charge in [-0.15, -0.1) is 0 Å². The number of hydrogen-bond donors (Lipinski definition) is 3. The van der Waals surface area contributed by atoms with Gasteiger partial charge < -0.3 is 20.7 Å². The third-order valence-electron chi connectivity index (χ3n) is 4.50. The SMILES string of the molecule is CCNC(=NCC1Cc2ccccc2O1)NCCNC(=O)Cc1cccc(F)c1. The molecule has 1 amide bonds. The fourth-order valence-electron chi connectivity index (χ4n) is 3.17. The van der Waals surface area contributed by atoms with Crippen LogP contribution in [0, 0.1) is 5.82 Å². The van der Waals surface area contributed by atoms with Gasteiger partial charge >= 0.3 is 0 Å². The maximum Gasteiger partial charge on any atom is 0.224 e. The first kappa shape index (κ1) is 20.6. The van der Waals surface area contributed by atoms with E-state index in [9.17, 15) is 9.18 Å². The van der Waals surface area contributed by atoms with Crippen LogP contribution in [0.2, 0.25) is 0 Å². The van der Waals surface area contributed by atoms with Gasteiger partial charge in [0.15, 0.2) is 5.96 Å². The first-order valence-corrected chi connectivity index (χ1v) is 9.92. The van der Waals surface area contributed by atoms with Crippen molar-refractivity contribution in [2.45, 2.75) is 25.9 Å². The highest BCUT2D eigenvalue weighted by Gasteiger charge is 2.21. The Hall–Kier alpha value is -3.09. The van der Waals surface area contributed by atoms with Gasteiger partial charge in [0.2, 0.25) is 5.91 Å². The lowest BCUT2D eigenvalue weighted by Gasteiger charge is -2.13. The molecule has 0 aromatic heterocycles. The number of fused-ring (bicyclic) bond motifs is 1. The summed E-state index contributed by atoms with van der Waals surface area (Å²) in [5.74, 6) is 1.15. The number of carbonyl (C=O) groups is 1. The van der Waals surface area contributed by atoms with Crippen LogP contribution in [0.1, 0.15) is 18.1 Å². The maximum absolute atomic E-state index is 13.2. The molecule has 1 aliphatic rings. The molecule has 1 heterocycles. The zero-order valence-electron chi connectivity index (χ0n) is 16.6. The number of para-hydroxylation sites is 1. The number of nitrogens with one attached hydrogen (secondary N) is 3. The maximum atomic E-state index is 13.2. The number of benzene rings is 2. The van der Waals surface area contributed by atoms with Crippen molar-refractivity contribution >= 4 is 11.9 Å². The van der Waals surface area contributed by atoms with Crippen LogP contribution < -0.4 is 20.7 Å². The minimum absolute atomic E-state index is 0.0360. The van der Waals surface area contributed by atoms with Gasteiger partial charge in [0.25, 0.3) is 0 Å². The first-order chi connectivity index (χ1) is 14.1. The summed E-state index contributed by atoms with van der Waals surface area (Å²) in [5.41, 5.74) is 1.87. The summed E-state index contributed by atoms with van der Waals surface area (Å²) in [6.07, 6.45) is 1.05. The Kier molecular flexibility index (Phi) is 7.44. The number of ether oxygens (including phenoxy) is 1. The van der Waals surface area contributed by atoms with Crippen LogP contribution in [0.15, 0.2) is 53.5 Å². The Morgan fingerprint density at radius 1 is 1.14 bits per heavy atom. The second kappa shape index (κ2) is 10.5. The molecule has 3 N–H and O–H groups in total. The lowest BCUT2D eigenvalue weighted by molar-refractivity contribution is -0.120. The Bertz CT molecular complexity index is 831. The number of halogens is 1. The van der Waals surface area contributed by atoms with Crippen molar-refractivity contribution in [3.63, 3.8) is 0 Å². The summed E-state index contributed by atoms with van der Waals surface area (Å²) in [6.45, 7) is 4.27. The van der Waals surface area contributed by atoms with Crippen LogP contribution in [-0.2, 0) is 17.6 Å². The number of amides is 1. The van der Waals surface area contributed by atoms with Crippen molar-refractivity contribution < 1.29 is 13.9 Å². The normalized spacial score (nSPS) is 15.4. The molecule has 154 valence electrons. The van der Waals surface area contributed by atoms with Crippen LogP contribution in [0.4, 0.5) is 4.39 Å². The molecule has 6 nitrogen and oxygen atoms in total. The van der Waals surface area contributed by atoms with Gasteiger partial charge in [0, 0.05) is 26.1 Å². The molecular formula is C22H27FN4O2. The van der Waals surface area contributed by atoms with E-state index in [0.29, 0.717) is 31.2 Å². The molecule has 1 aliphatic heterocycles. The topological polar surface area (TPSA) is 74.8 Å². The molecule has 0 fully saturated rings. The van der Waals surface area contributed by atoms with Crippen LogP contribution in [0.3, 0.4) is 0 Å².